The predicted molar refractivity (Wildman–Crippen MR) is 229 cm³/mol. The van der Waals surface area contributed by atoms with E-state index in [1.54, 1.807) is 0 Å². The zero-order chi connectivity index (χ0) is 36.2. The van der Waals surface area contributed by atoms with Gasteiger partial charge in [-0.2, -0.15) is 10.5 Å². The molecule has 0 bridgehead atoms. The molecule has 0 N–H and O–H groups in total. The lowest BCUT2D eigenvalue weighted by Crippen LogP contribution is -1.91. The summed E-state index contributed by atoms with van der Waals surface area (Å²) >= 11 is 3.67. The van der Waals surface area contributed by atoms with Crippen molar-refractivity contribution < 1.29 is 0 Å². The van der Waals surface area contributed by atoms with E-state index in [4.69, 9.17) is 0 Å². The molecule has 0 spiro atoms. The second-order valence-electron chi connectivity index (χ2n) is 13.5. The van der Waals surface area contributed by atoms with Crippen LogP contribution < -0.4 is 0 Å². The Bertz CT molecular complexity index is 3130. The third-order valence-electron chi connectivity index (χ3n) is 10.3. The van der Waals surface area contributed by atoms with E-state index in [1.165, 1.54) is 45.9 Å². The molecule has 250 valence electrons. The van der Waals surface area contributed by atoms with E-state index in [1.807, 2.05) is 71.2 Å². The van der Waals surface area contributed by atoms with Gasteiger partial charge in [-0.25, -0.2) is 0 Å². The van der Waals surface area contributed by atoms with Crippen LogP contribution in [0.2, 0.25) is 0 Å². The molecule has 4 heteroatoms. The average molecular weight is 721 g/mol. The number of benzene rings is 8. The molecule has 10 rings (SSSR count). The Kier molecular flexibility index (Phi) is 7.67. The first-order chi connectivity index (χ1) is 26.6. The Morgan fingerprint density at radius 1 is 0.315 bits per heavy atom. The van der Waals surface area contributed by atoms with Gasteiger partial charge in [0, 0.05) is 40.3 Å². The first-order valence-electron chi connectivity index (χ1n) is 17.8. The van der Waals surface area contributed by atoms with Crippen LogP contribution in [0.1, 0.15) is 11.1 Å². The molecule has 0 aliphatic rings. The van der Waals surface area contributed by atoms with Crippen LogP contribution >= 0.6 is 22.7 Å². The molecular formula is C50H28N2S2. The van der Waals surface area contributed by atoms with Crippen molar-refractivity contribution >= 4 is 63.0 Å². The molecule has 0 radical (unpaired) electrons. The van der Waals surface area contributed by atoms with Crippen molar-refractivity contribution in [3.05, 3.63) is 181 Å². The topological polar surface area (TPSA) is 47.6 Å². The van der Waals surface area contributed by atoms with Gasteiger partial charge in [-0.3, -0.25) is 0 Å². The molecule has 0 unspecified atom stereocenters. The summed E-state index contributed by atoms with van der Waals surface area (Å²) < 4.78 is 5.09. The maximum Gasteiger partial charge on any atom is 0.0998 e. The van der Waals surface area contributed by atoms with Crippen molar-refractivity contribution in [2.75, 3.05) is 0 Å². The molecule has 2 nitrogen and oxygen atoms in total. The van der Waals surface area contributed by atoms with Gasteiger partial charge < -0.3 is 0 Å². The van der Waals surface area contributed by atoms with Crippen molar-refractivity contribution in [3.8, 4) is 67.8 Å². The summed E-state index contributed by atoms with van der Waals surface area (Å²) in [6.07, 6.45) is 0. The molecule has 8 aromatic carbocycles. The van der Waals surface area contributed by atoms with Crippen molar-refractivity contribution in [2.45, 2.75) is 0 Å². The molecule has 0 saturated heterocycles. The Balaban J connectivity index is 1.25. The third-order valence-corrected chi connectivity index (χ3v) is 12.7. The van der Waals surface area contributed by atoms with Crippen LogP contribution in [0.5, 0.6) is 0 Å². The van der Waals surface area contributed by atoms with E-state index in [0.29, 0.717) is 11.1 Å². The van der Waals surface area contributed by atoms with Gasteiger partial charge in [0.2, 0.25) is 0 Å². The lowest BCUT2D eigenvalue weighted by atomic mass is 9.88. The fraction of sp³-hybridized carbons (Fsp3) is 0. The van der Waals surface area contributed by atoms with E-state index in [2.05, 4.69) is 133 Å². The quantitative estimate of drug-likeness (QED) is 0.178. The van der Waals surface area contributed by atoms with Crippen molar-refractivity contribution in [2.24, 2.45) is 0 Å². The van der Waals surface area contributed by atoms with Gasteiger partial charge in [-0.1, -0.05) is 103 Å². The lowest BCUT2D eigenvalue weighted by molar-refractivity contribution is 1.47. The third kappa shape index (κ3) is 5.37. The molecule has 0 saturated carbocycles. The van der Waals surface area contributed by atoms with E-state index in [-0.39, 0.29) is 0 Å². The monoisotopic (exact) mass is 720 g/mol. The van der Waals surface area contributed by atoms with Gasteiger partial charge in [0.05, 0.1) is 23.3 Å². The van der Waals surface area contributed by atoms with Gasteiger partial charge in [0.1, 0.15) is 0 Å². The van der Waals surface area contributed by atoms with Crippen LogP contribution in [0.4, 0.5) is 0 Å². The normalized spacial score (nSPS) is 11.3. The summed E-state index contributed by atoms with van der Waals surface area (Å²) in [4.78, 5) is 0. The molecule has 54 heavy (non-hydrogen) atoms. The molecule has 0 aliphatic carbocycles. The minimum Gasteiger partial charge on any atom is -0.192 e. The Labute approximate surface area is 320 Å². The second-order valence-corrected chi connectivity index (χ2v) is 15.6. The Morgan fingerprint density at radius 2 is 0.759 bits per heavy atom. The zero-order valence-electron chi connectivity index (χ0n) is 28.9. The van der Waals surface area contributed by atoms with Crippen LogP contribution in [0.15, 0.2) is 170 Å². The minimum absolute atomic E-state index is 0.608. The minimum atomic E-state index is 0.608. The van der Waals surface area contributed by atoms with Crippen LogP contribution in [-0.2, 0) is 0 Å². The van der Waals surface area contributed by atoms with E-state index < -0.39 is 0 Å². The zero-order valence-corrected chi connectivity index (χ0v) is 30.5. The first kappa shape index (κ1) is 31.9. The van der Waals surface area contributed by atoms with Crippen LogP contribution in [0, 0.1) is 22.7 Å². The van der Waals surface area contributed by atoms with Gasteiger partial charge in [-0.15, -0.1) is 22.7 Å². The predicted octanol–water partition coefficient (Wildman–Crippen LogP) is 14.5. The highest BCUT2D eigenvalue weighted by atomic mass is 32.1. The molecule has 0 amide bonds. The fourth-order valence-corrected chi connectivity index (χ4v) is 10.1. The van der Waals surface area contributed by atoms with E-state index >= 15 is 0 Å². The molecule has 2 aromatic heterocycles. The molecule has 2 heterocycles. The number of hydrogen-bond donors (Lipinski definition) is 0. The van der Waals surface area contributed by atoms with Crippen LogP contribution in [-0.4, -0.2) is 0 Å². The maximum absolute atomic E-state index is 10.1. The SMILES string of the molecule is N#Cc1ccccc1-c1cc(-c2cc(-c3ccc4c(c3)sc3ccccc34)cc(-c3cccc4c3sc3ccccc34)c2)cc(-c2ccccc2C#N)c1. The number of nitriles is 2. The highest BCUT2D eigenvalue weighted by Crippen LogP contribution is 2.44. The summed E-state index contributed by atoms with van der Waals surface area (Å²) in [5.41, 5.74) is 11.5. The van der Waals surface area contributed by atoms with E-state index in [0.717, 1.165) is 50.1 Å². The van der Waals surface area contributed by atoms with E-state index in [9.17, 15) is 10.5 Å². The fourth-order valence-electron chi connectivity index (χ4n) is 7.77. The van der Waals surface area contributed by atoms with Gasteiger partial charge in [0.15, 0.2) is 0 Å². The number of hydrogen-bond acceptors (Lipinski definition) is 4. The number of rotatable bonds is 5. The van der Waals surface area contributed by atoms with Gasteiger partial charge in [-0.05, 0) is 122 Å². The maximum atomic E-state index is 10.1. The average Bonchev–Trinajstić information content (AvgIpc) is 3.81. The van der Waals surface area contributed by atoms with Crippen LogP contribution in [0.25, 0.3) is 96.0 Å². The summed E-state index contributed by atoms with van der Waals surface area (Å²) in [6.45, 7) is 0. The highest BCUT2D eigenvalue weighted by Gasteiger charge is 2.17. The van der Waals surface area contributed by atoms with Gasteiger partial charge >= 0.3 is 0 Å². The number of thiophene rings is 2. The Morgan fingerprint density at radius 3 is 1.41 bits per heavy atom. The molecule has 0 aliphatic heterocycles. The van der Waals surface area contributed by atoms with Crippen molar-refractivity contribution in [1.29, 1.82) is 10.5 Å². The molecule has 0 atom stereocenters. The summed E-state index contributed by atoms with van der Waals surface area (Å²) in [6, 6.07) is 64.4. The number of fused-ring (bicyclic) bond motifs is 6. The highest BCUT2D eigenvalue weighted by molar-refractivity contribution is 7.26. The summed E-state index contributed by atoms with van der Waals surface area (Å²) in [5, 5.41) is 25.4. The Hall–Kier alpha value is -6.82. The lowest BCUT2D eigenvalue weighted by Gasteiger charge is -2.16. The summed E-state index contributed by atoms with van der Waals surface area (Å²) in [5.74, 6) is 0. The van der Waals surface area contributed by atoms with Crippen molar-refractivity contribution in [3.63, 3.8) is 0 Å². The smallest absolute Gasteiger partial charge is 0.0998 e. The largest absolute Gasteiger partial charge is 0.192 e. The van der Waals surface area contributed by atoms with Gasteiger partial charge in [0.25, 0.3) is 0 Å². The molecular weight excluding hydrogens is 693 g/mol. The second kappa shape index (κ2) is 13.0. The molecule has 0 fully saturated rings. The number of nitrogens with zero attached hydrogens (tertiary/aromatic N) is 2. The summed E-state index contributed by atoms with van der Waals surface area (Å²) in [7, 11) is 0. The van der Waals surface area contributed by atoms with Crippen molar-refractivity contribution in [1.82, 2.24) is 0 Å². The molecule has 10 aromatic rings. The van der Waals surface area contributed by atoms with Crippen LogP contribution in [0.3, 0.4) is 0 Å². The standard InChI is InChI=1S/C50H28N2S2/c51-29-32-10-1-3-12-40(32)37-24-36(25-38(27-37)41-13-4-2-11-33(41)30-52)35-22-34(31-20-21-45-43-14-5-7-18-47(43)53-49(45)28-31)23-39(26-35)42-16-9-17-46-44-15-6-8-19-48(44)54-50(42)46/h1-28H. The first-order valence-corrected chi connectivity index (χ1v) is 19.4.